The second-order valence-electron chi connectivity index (χ2n) is 5.57. The summed E-state index contributed by atoms with van der Waals surface area (Å²) in [5.41, 5.74) is 1.85. The van der Waals surface area contributed by atoms with Gasteiger partial charge in [0.15, 0.2) is 0 Å². The molecule has 0 saturated heterocycles. The number of hydrogen-bond acceptors (Lipinski definition) is 3. The van der Waals surface area contributed by atoms with Gasteiger partial charge in [-0.15, -0.1) is 0 Å². The molecule has 0 aliphatic rings. The number of rotatable bonds is 2. The van der Waals surface area contributed by atoms with Crippen LogP contribution in [0, 0.1) is 0 Å². The highest BCUT2D eigenvalue weighted by Gasteiger charge is 2.11. The number of benzene rings is 2. The van der Waals surface area contributed by atoms with Gasteiger partial charge in [-0.1, -0.05) is 40.9 Å². The summed E-state index contributed by atoms with van der Waals surface area (Å²) in [5.74, 6) is 0. The Bertz CT molecular complexity index is 1190. The molecule has 7 heteroatoms. The molecule has 0 aliphatic heterocycles. The lowest BCUT2D eigenvalue weighted by Gasteiger charge is -2.10. The van der Waals surface area contributed by atoms with Crippen molar-refractivity contribution in [3.63, 3.8) is 0 Å². The molecule has 25 heavy (non-hydrogen) atoms. The van der Waals surface area contributed by atoms with Crippen LogP contribution in [0.2, 0.25) is 15.1 Å². The van der Waals surface area contributed by atoms with Gasteiger partial charge in [-0.25, -0.2) is 4.98 Å². The molecule has 2 aromatic heterocycles. The number of aromatic nitrogens is 3. The van der Waals surface area contributed by atoms with Crippen LogP contribution in [-0.4, -0.2) is 14.5 Å². The van der Waals surface area contributed by atoms with Crippen LogP contribution in [-0.2, 0) is 6.54 Å². The van der Waals surface area contributed by atoms with Gasteiger partial charge < -0.3 is 0 Å². The fraction of sp³-hybridized carbons (Fsp3) is 0.0556. The average molecular weight is 391 g/mol. The zero-order chi connectivity index (χ0) is 17.6. The van der Waals surface area contributed by atoms with Gasteiger partial charge >= 0.3 is 0 Å². The Morgan fingerprint density at radius 1 is 0.920 bits per heavy atom. The molecule has 4 rings (SSSR count). The molecule has 0 fully saturated rings. The molecule has 0 unspecified atom stereocenters. The summed E-state index contributed by atoms with van der Waals surface area (Å²) < 4.78 is 1.51. The van der Waals surface area contributed by atoms with Gasteiger partial charge in [0.2, 0.25) is 0 Å². The number of fused-ring (bicyclic) bond motifs is 2. The number of pyridine rings is 1. The van der Waals surface area contributed by atoms with Gasteiger partial charge in [0, 0.05) is 21.6 Å². The SMILES string of the molecule is O=c1c2cc(Cl)cc(Cl)c2ncn1Cc1ccc(Cl)c2cccnc12. The Hall–Kier alpha value is -2.14. The third kappa shape index (κ3) is 2.86. The molecule has 4 nitrogen and oxygen atoms in total. The smallest absolute Gasteiger partial charge is 0.261 e. The van der Waals surface area contributed by atoms with Gasteiger partial charge in [-0.05, 0) is 35.9 Å². The van der Waals surface area contributed by atoms with E-state index in [1.807, 2.05) is 18.2 Å². The van der Waals surface area contributed by atoms with Gasteiger partial charge in [-0.2, -0.15) is 0 Å². The quantitative estimate of drug-likeness (QED) is 0.486. The maximum Gasteiger partial charge on any atom is 0.261 e. The molecule has 0 bridgehead atoms. The first-order valence-electron chi connectivity index (χ1n) is 7.41. The minimum atomic E-state index is -0.214. The average Bonchev–Trinajstić information content (AvgIpc) is 2.60. The normalized spacial score (nSPS) is 11.3. The Morgan fingerprint density at radius 3 is 2.60 bits per heavy atom. The van der Waals surface area contributed by atoms with Crippen molar-refractivity contribution >= 4 is 56.6 Å². The van der Waals surface area contributed by atoms with Crippen LogP contribution in [0.25, 0.3) is 21.8 Å². The predicted octanol–water partition coefficient (Wildman–Crippen LogP) is 4.95. The molecule has 0 N–H and O–H groups in total. The monoisotopic (exact) mass is 389 g/mol. The number of nitrogens with zero attached hydrogens (tertiary/aromatic N) is 3. The van der Waals surface area contributed by atoms with Crippen molar-refractivity contribution in [1.82, 2.24) is 14.5 Å². The lowest BCUT2D eigenvalue weighted by molar-refractivity contribution is 0.751. The van der Waals surface area contributed by atoms with Crippen LogP contribution >= 0.6 is 34.8 Å². The van der Waals surface area contributed by atoms with Crippen molar-refractivity contribution in [2.24, 2.45) is 0 Å². The zero-order valence-electron chi connectivity index (χ0n) is 12.7. The molecule has 0 saturated carbocycles. The molecule has 0 aliphatic carbocycles. The van der Waals surface area contributed by atoms with Gasteiger partial charge in [0.1, 0.15) is 0 Å². The van der Waals surface area contributed by atoms with Crippen LogP contribution in [0.4, 0.5) is 0 Å². The Kier molecular flexibility index (Phi) is 4.12. The standard InChI is InChI=1S/C18H10Cl3N3O/c19-11-6-13-17(15(21)7-11)23-9-24(18(13)25)8-10-3-4-14(20)12-2-1-5-22-16(10)12/h1-7,9H,8H2. The molecule has 4 aromatic rings. The second-order valence-corrected chi connectivity index (χ2v) is 6.82. The van der Waals surface area contributed by atoms with E-state index >= 15 is 0 Å². The van der Waals surface area contributed by atoms with E-state index in [-0.39, 0.29) is 5.56 Å². The fourth-order valence-corrected chi connectivity index (χ4v) is 3.57. The molecule has 0 amide bonds. The van der Waals surface area contributed by atoms with Crippen LogP contribution in [0.15, 0.2) is 53.7 Å². The summed E-state index contributed by atoms with van der Waals surface area (Å²) in [4.78, 5) is 21.5. The van der Waals surface area contributed by atoms with E-state index < -0.39 is 0 Å². The highest BCUT2D eigenvalue weighted by Crippen LogP contribution is 2.26. The van der Waals surface area contributed by atoms with Crippen LogP contribution in [0.1, 0.15) is 5.56 Å². The molecule has 0 radical (unpaired) electrons. The summed E-state index contributed by atoms with van der Waals surface area (Å²) in [7, 11) is 0. The number of hydrogen-bond donors (Lipinski definition) is 0. The van der Waals surface area contributed by atoms with Gasteiger partial charge in [0.25, 0.3) is 5.56 Å². The van der Waals surface area contributed by atoms with E-state index in [4.69, 9.17) is 34.8 Å². The Labute approximate surface area is 157 Å². The second kappa shape index (κ2) is 6.30. The first-order chi connectivity index (χ1) is 12.0. The highest BCUT2D eigenvalue weighted by molar-refractivity contribution is 6.38. The summed E-state index contributed by atoms with van der Waals surface area (Å²) in [6, 6.07) is 10.5. The fourth-order valence-electron chi connectivity index (χ4n) is 2.81. The molecular weight excluding hydrogens is 381 g/mol. The maximum atomic E-state index is 12.8. The molecule has 0 spiro atoms. The third-order valence-corrected chi connectivity index (χ3v) is 4.82. The van der Waals surface area contributed by atoms with E-state index in [0.717, 1.165) is 16.5 Å². The van der Waals surface area contributed by atoms with Crippen molar-refractivity contribution in [2.75, 3.05) is 0 Å². The molecule has 2 heterocycles. The zero-order valence-corrected chi connectivity index (χ0v) is 15.0. The van der Waals surface area contributed by atoms with Crippen LogP contribution < -0.4 is 5.56 Å². The van der Waals surface area contributed by atoms with Crippen molar-refractivity contribution in [2.45, 2.75) is 6.54 Å². The molecule has 0 atom stereocenters. The van der Waals surface area contributed by atoms with E-state index in [2.05, 4.69) is 9.97 Å². The van der Waals surface area contributed by atoms with E-state index in [0.29, 0.717) is 32.5 Å². The van der Waals surface area contributed by atoms with Crippen LogP contribution in [0.5, 0.6) is 0 Å². The topological polar surface area (TPSA) is 47.8 Å². The largest absolute Gasteiger partial charge is 0.294 e. The summed E-state index contributed by atoms with van der Waals surface area (Å²) >= 11 is 18.4. The summed E-state index contributed by atoms with van der Waals surface area (Å²) in [6.45, 7) is 0.316. The van der Waals surface area contributed by atoms with E-state index in [1.54, 1.807) is 24.4 Å². The lowest BCUT2D eigenvalue weighted by atomic mass is 10.1. The first-order valence-corrected chi connectivity index (χ1v) is 8.54. The minimum absolute atomic E-state index is 0.214. The van der Waals surface area contributed by atoms with Gasteiger partial charge in [0.05, 0.1) is 34.3 Å². The molecule has 2 aromatic carbocycles. The van der Waals surface area contributed by atoms with E-state index in [9.17, 15) is 4.79 Å². The number of halogens is 3. The molecular formula is C18H10Cl3N3O. The highest BCUT2D eigenvalue weighted by atomic mass is 35.5. The first kappa shape index (κ1) is 16.3. The summed E-state index contributed by atoms with van der Waals surface area (Å²) in [6.07, 6.45) is 3.18. The Balaban J connectivity index is 1.89. The van der Waals surface area contributed by atoms with Gasteiger partial charge in [-0.3, -0.25) is 14.3 Å². The summed E-state index contributed by atoms with van der Waals surface area (Å²) in [5, 5.41) is 2.59. The van der Waals surface area contributed by atoms with Crippen molar-refractivity contribution in [3.05, 3.63) is 79.9 Å². The Morgan fingerprint density at radius 2 is 1.76 bits per heavy atom. The predicted molar refractivity (Wildman–Crippen MR) is 102 cm³/mol. The maximum absolute atomic E-state index is 12.8. The van der Waals surface area contributed by atoms with Crippen molar-refractivity contribution < 1.29 is 0 Å². The van der Waals surface area contributed by atoms with Crippen molar-refractivity contribution in [3.8, 4) is 0 Å². The minimum Gasteiger partial charge on any atom is -0.294 e. The molecule has 124 valence electrons. The third-order valence-electron chi connectivity index (χ3n) is 3.99. The van der Waals surface area contributed by atoms with E-state index in [1.165, 1.54) is 10.9 Å². The van der Waals surface area contributed by atoms with Crippen molar-refractivity contribution in [1.29, 1.82) is 0 Å². The van der Waals surface area contributed by atoms with Crippen LogP contribution in [0.3, 0.4) is 0 Å². The lowest BCUT2D eigenvalue weighted by Crippen LogP contribution is -2.21.